The monoisotopic (exact) mass is 567 g/mol. The molecule has 0 atom stereocenters. The summed E-state index contributed by atoms with van der Waals surface area (Å²) in [5.41, 5.74) is 9.67. The van der Waals surface area contributed by atoms with Gasteiger partial charge in [-0.15, -0.1) is 28.5 Å². The first-order valence-corrected chi connectivity index (χ1v) is 18.2. The molecule has 4 rings (SSSR count). The first kappa shape index (κ1) is 27.3. The van der Waals surface area contributed by atoms with Crippen LogP contribution in [0.4, 0.5) is 0 Å². The van der Waals surface area contributed by atoms with Crippen LogP contribution in [-0.2, 0) is 38.1 Å². The van der Waals surface area contributed by atoms with Crippen molar-refractivity contribution >= 4 is 27.8 Å². The van der Waals surface area contributed by atoms with Crippen LogP contribution in [0.2, 0.25) is 0 Å². The Balaban J connectivity index is 0.00000103. The van der Waals surface area contributed by atoms with Crippen molar-refractivity contribution < 1.29 is 20.8 Å². The quantitative estimate of drug-likeness (QED) is 0.215. The molecule has 0 spiro atoms. The summed E-state index contributed by atoms with van der Waals surface area (Å²) in [5, 5.41) is 2.70. The molecule has 0 aromatic heterocycles. The first-order valence-electron chi connectivity index (χ1n) is 11.9. The molecule has 0 aliphatic carbocycles. The molecule has 0 N–H and O–H groups in total. The number of hydrogen-bond acceptors (Lipinski definition) is 0. The number of fused-ring (bicyclic) bond motifs is 1. The Labute approximate surface area is 224 Å². The van der Waals surface area contributed by atoms with Crippen molar-refractivity contribution in [3.8, 4) is 22.3 Å². The summed E-state index contributed by atoms with van der Waals surface area (Å²) in [6, 6.07) is 27.4. The molecule has 0 nitrogen and oxygen atoms in total. The van der Waals surface area contributed by atoms with Crippen LogP contribution in [0.15, 0.2) is 72.8 Å². The molecular formula is C31H35Cl2Zr-. The van der Waals surface area contributed by atoms with E-state index in [1.807, 2.05) is 0 Å². The Hall–Kier alpha value is -1.27. The van der Waals surface area contributed by atoms with E-state index in [4.69, 9.17) is 17.0 Å². The number of benzene rings is 3. The van der Waals surface area contributed by atoms with E-state index in [0.717, 1.165) is 6.42 Å². The fourth-order valence-electron chi connectivity index (χ4n) is 4.36. The van der Waals surface area contributed by atoms with E-state index in [-0.39, 0.29) is 10.8 Å². The van der Waals surface area contributed by atoms with Gasteiger partial charge in [-0.25, -0.2) is 0 Å². The van der Waals surface area contributed by atoms with E-state index >= 15 is 0 Å². The third-order valence-electron chi connectivity index (χ3n) is 6.40. The Kier molecular flexibility index (Phi) is 9.00. The molecule has 0 saturated carbocycles. The summed E-state index contributed by atoms with van der Waals surface area (Å²) >= 11 is -0.826. The summed E-state index contributed by atoms with van der Waals surface area (Å²) in [6.07, 6.45) is 1.06. The van der Waals surface area contributed by atoms with Crippen molar-refractivity contribution in [1.29, 1.82) is 0 Å². The predicted octanol–water partition coefficient (Wildman–Crippen LogP) is 10.4. The van der Waals surface area contributed by atoms with E-state index in [1.165, 1.54) is 49.7 Å². The Morgan fingerprint density at radius 2 is 1.29 bits per heavy atom. The Morgan fingerprint density at radius 3 is 1.79 bits per heavy atom. The second-order valence-corrected chi connectivity index (χ2v) is 14.7. The molecule has 0 unspecified atom stereocenters. The van der Waals surface area contributed by atoms with Gasteiger partial charge in [-0.05, 0) is 45.1 Å². The maximum atomic E-state index is 4.93. The summed E-state index contributed by atoms with van der Waals surface area (Å²) in [6.45, 7) is 16.1. The molecule has 0 bridgehead atoms. The molecule has 0 fully saturated rings. The Bertz CT molecular complexity index is 1210. The van der Waals surface area contributed by atoms with Gasteiger partial charge in [0.25, 0.3) is 0 Å². The van der Waals surface area contributed by atoms with Crippen molar-refractivity contribution in [2.24, 2.45) is 0 Å². The number of halogens is 2. The summed E-state index contributed by atoms with van der Waals surface area (Å²) < 4.78 is 0. The maximum absolute atomic E-state index is 4.93. The second-order valence-electron chi connectivity index (χ2n) is 10.9. The number of rotatable bonds is 3. The molecule has 0 saturated heterocycles. The molecule has 4 aromatic carbocycles. The van der Waals surface area contributed by atoms with Crippen LogP contribution in [0.1, 0.15) is 65.2 Å². The molecule has 0 aliphatic heterocycles. The van der Waals surface area contributed by atoms with Gasteiger partial charge in [0.2, 0.25) is 0 Å². The van der Waals surface area contributed by atoms with E-state index in [1.54, 1.807) is 0 Å². The minimum atomic E-state index is -0.826. The average Bonchev–Trinajstić information content (AvgIpc) is 3.21. The molecule has 34 heavy (non-hydrogen) atoms. The fraction of sp³-hybridized carbons (Fsp3) is 0.323. The summed E-state index contributed by atoms with van der Waals surface area (Å²) in [5.74, 6) is 0. The van der Waals surface area contributed by atoms with Gasteiger partial charge in [0, 0.05) is 0 Å². The molecule has 4 aromatic rings. The van der Waals surface area contributed by atoms with Crippen LogP contribution in [0.3, 0.4) is 0 Å². The van der Waals surface area contributed by atoms with E-state index in [2.05, 4.69) is 121 Å². The van der Waals surface area contributed by atoms with Crippen LogP contribution in [-0.4, -0.2) is 0 Å². The van der Waals surface area contributed by atoms with Gasteiger partial charge in [-0.3, -0.25) is 0 Å². The van der Waals surface area contributed by atoms with Crippen molar-refractivity contribution in [3.05, 3.63) is 89.5 Å². The van der Waals surface area contributed by atoms with Crippen LogP contribution in [0.25, 0.3) is 33.0 Å². The van der Waals surface area contributed by atoms with Gasteiger partial charge in [0.05, 0.1) is 0 Å². The van der Waals surface area contributed by atoms with E-state index in [9.17, 15) is 0 Å². The fourth-order valence-corrected chi connectivity index (χ4v) is 4.36. The molecule has 0 aliphatic rings. The van der Waals surface area contributed by atoms with Crippen LogP contribution < -0.4 is 0 Å². The van der Waals surface area contributed by atoms with Gasteiger partial charge < -0.3 is 0 Å². The zero-order valence-corrected chi connectivity index (χ0v) is 25.4. The standard InChI is InChI=1S/C31H35.2ClH.Zr/c1-8-21-16-23-14-15-27(22-12-10-9-11-13-22)29(28(23)17-21)24-18-25(30(2,3)4)20-26(19-24)31(5,6)7;;;/h9-20H,8H2,1-7H3;2*1H;/q-1;;;+2/p-2. The van der Waals surface area contributed by atoms with Gasteiger partial charge in [0.1, 0.15) is 0 Å². The van der Waals surface area contributed by atoms with Crippen LogP contribution in [0, 0.1) is 0 Å². The zero-order valence-electron chi connectivity index (χ0n) is 21.4. The van der Waals surface area contributed by atoms with Crippen molar-refractivity contribution in [2.45, 2.75) is 65.7 Å². The van der Waals surface area contributed by atoms with Gasteiger partial charge >= 0.3 is 37.9 Å². The zero-order chi connectivity index (χ0) is 25.1. The third-order valence-corrected chi connectivity index (χ3v) is 6.40. The van der Waals surface area contributed by atoms with Crippen molar-refractivity contribution in [2.75, 3.05) is 0 Å². The van der Waals surface area contributed by atoms with Gasteiger partial charge in [0.15, 0.2) is 0 Å². The van der Waals surface area contributed by atoms with Crippen LogP contribution in [0.5, 0.6) is 0 Å². The molecule has 0 heterocycles. The predicted molar refractivity (Wildman–Crippen MR) is 149 cm³/mol. The van der Waals surface area contributed by atoms with E-state index < -0.39 is 20.8 Å². The van der Waals surface area contributed by atoms with E-state index in [0.29, 0.717) is 0 Å². The van der Waals surface area contributed by atoms with Crippen LogP contribution >= 0.6 is 17.0 Å². The molecule has 3 heteroatoms. The normalized spacial score (nSPS) is 11.8. The minimum absolute atomic E-state index is 0.0947. The second kappa shape index (κ2) is 11.2. The molecular weight excluding hydrogens is 534 g/mol. The third kappa shape index (κ3) is 6.29. The molecule has 178 valence electrons. The first-order chi connectivity index (χ1) is 16.0. The molecule has 0 radical (unpaired) electrons. The summed E-state index contributed by atoms with van der Waals surface area (Å²) in [4.78, 5) is 0. The van der Waals surface area contributed by atoms with Crippen molar-refractivity contribution in [3.63, 3.8) is 0 Å². The number of aryl methyl sites for hydroxylation is 1. The number of hydrogen-bond donors (Lipinski definition) is 0. The van der Waals surface area contributed by atoms with Gasteiger partial charge in [-0.2, -0.15) is 6.07 Å². The average molecular weight is 570 g/mol. The summed E-state index contributed by atoms with van der Waals surface area (Å²) in [7, 11) is 9.87. The topological polar surface area (TPSA) is 0 Å². The van der Waals surface area contributed by atoms with Gasteiger partial charge in [-0.1, -0.05) is 109 Å². The SMILES string of the molecule is CCc1cc2c(-c3cc(C(C)(C)C)cc(C(C)(C)C)c3)c(-c3ccccc3)ccc2[cH-]1.[Cl][Zr][Cl]. The molecule has 0 amide bonds. The van der Waals surface area contributed by atoms with Crippen molar-refractivity contribution in [1.82, 2.24) is 0 Å². The Morgan fingerprint density at radius 1 is 0.735 bits per heavy atom.